The van der Waals surface area contributed by atoms with Crippen LogP contribution in [0.15, 0.2) is 16.7 Å². The first-order valence-electron chi connectivity index (χ1n) is 6.30. The Hall–Kier alpha value is -2.72. The normalized spacial score (nSPS) is 13.0. The Labute approximate surface area is 162 Å². The fourth-order valence-corrected chi connectivity index (χ4v) is 1.16. The second-order valence-corrected chi connectivity index (χ2v) is 4.15. The van der Waals surface area contributed by atoms with Gasteiger partial charge in [-0.05, 0) is 0 Å². The number of carboxylic acid groups (broad SMARTS) is 3. The van der Waals surface area contributed by atoms with E-state index in [0.29, 0.717) is 5.92 Å². The quantitative estimate of drug-likeness (QED) is 0.336. The van der Waals surface area contributed by atoms with Crippen LogP contribution in [0.2, 0.25) is 0 Å². The van der Waals surface area contributed by atoms with E-state index in [2.05, 4.69) is 53.0 Å². The van der Waals surface area contributed by atoms with Gasteiger partial charge in [0.15, 0.2) is 0 Å². The van der Waals surface area contributed by atoms with Crippen LogP contribution in [0.5, 0.6) is 0 Å². The number of rotatable bonds is 0. The van der Waals surface area contributed by atoms with Gasteiger partial charge >= 0.3 is 17.9 Å². The molecule has 0 aromatic carbocycles. The number of carboxylic acids is 3. The van der Waals surface area contributed by atoms with Crippen LogP contribution in [0.25, 0.3) is 0 Å². The molecule has 6 nitrogen and oxygen atoms in total. The molecule has 1 unspecified atom stereocenters. The monoisotopic (exact) mass is 379 g/mol. The third-order valence-electron chi connectivity index (χ3n) is 2.61. The maximum atomic E-state index is 9.13. The number of allylic oxidation sites excluding steroid dienone is 4. The van der Waals surface area contributed by atoms with Gasteiger partial charge in [0.25, 0.3) is 0 Å². The summed E-state index contributed by atoms with van der Waals surface area (Å²) in [4.78, 5) is 27.4. The molecule has 1 atom stereocenters. The summed E-state index contributed by atoms with van der Waals surface area (Å²) in [7, 11) is 0. The van der Waals surface area contributed by atoms with E-state index in [9.17, 15) is 0 Å². The van der Waals surface area contributed by atoms with Crippen LogP contribution in [0.1, 0.15) is 27.7 Å². The summed E-state index contributed by atoms with van der Waals surface area (Å²) < 4.78 is 0. The number of terminal acetylenes is 3. The largest absolute Gasteiger partial charge is 0.472 e. The van der Waals surface area contributed by atoms with Crippen molar-refractivity contribution in [3.8, 4) is 37.0 Å². The smallest absolute Gasteiger partial charge is 0.381 e. The first-order valence-corrected chi connectivity index (χ1v) is 6.30. The molecule has 25 heavy (non-hydrogen) atoms. The van der Waals surface area contributed by atoms with E-state index < -0.39 is 17.9 Å². The first kappa shape index (κ1) is 30.2. The number of carbonyl (C=O) groups is 3. The summed E-state index contributed by atoms with van der Waals surface area (Å²) in [5.74, 6) is 1.24. The molecule has 0 aromatic rings. The van der Waals surface area contributed by atoms with Crippen LogP contribution in [-0.4, -0.2) is 33.2 Å². The molecular formula is C18H19O6Ti-. The minimum absolute atomic E-state index is 0. The summed E-state index contributed by atoms with van der Waals surface area (Å²) in [6.07, 6.45) is 16.3. The molecule has 0 heterocycles. The van der Waals surface area contributed by atoms with Gasteiger partial charge in [-0.2, -0.15) is 11.1 Å². The minimum Gasteiger partial charge on any atom is -0.472 e. The summed E-state index contributed by atoms with van der Waals surface area (Å²) >= 11 is 0. The van der Waals surface area contributed by atoms with E-state index in [4.69, 9.17) is 29.7 Å². The van der Waals surface area contributed by atoms with Crippen molar-refractivity contribution in [2.75, 3.05) is 0 Å². The Bertz CT molecular complexity index is 593. The molecule has 3 N–H and O–H groups in total. The molecule has 1 rings (SSSR count). The molecule has 0 aromatic heterocycles. The molecular weight excluding hydrogens is 360 g/mol. The molecule has 7 heteroatoms. The van der Waals surface area contributed by atoms with E-state index in [1.807, 2.05) is 0 Å². The van der Waals surface area contributed by atoms with E-state index in [1.54, 1.807) is 0 Å². The van der Waals surface area contributed by atoms with Gasteiger partial charge in [-0.15, -0.1) is 26.2 Å². The van der Waals surface area contributed by atoms with E-state index in [1.165, 1.54) is 34.5 Å². The maximum absolute atomic E-state index is 9.13. The van der Waals surface area contributed by atoms with Crippen LogP contribution in [0.3, 0.4) is 0 Å². The van der Waals surface area contributed by atoms with Crippen LogP contribution in [0.4, 0.5) is 0 Å². The molecule has 0 spiro atoms. The predicted octanol–water partition coefficient (Wildman–Crippen LogP) is 1.83. The van der Waals surface area contributed by atoms with Crippen molar-refractivity contribution in [3.05, 3.63) is 22.8 Å². The number of hydrogen-bond acceptors (Lipinski definition) is 3. The van der Waals surface area contributed by atoms with Crippen LogP contribution in [-0.2, 0) is 36.1 Å². The molecule has 1 aliphatic rings. The standard InChI is InChI=1S/C9H13.3C3H2O2.Ti/c1-6-5-7(2)9(4)8(6)3;3*1-2-3(4)5;/h6H,1-4H3;3*1H,(H,4,5);/q-1;;;;. The molecule has 0 amide bonds. The average molecular weight is 379 g/mol. The third-order valence-corrected chi connectivity index (χ3v) is 2.61. The van der Waals surface area contributed by atoms with E-state index in [0.717, 1.165) is 0 Å². The molecule has 0 saturated heterocycles. The summed E-state index contributed by atoms with van der Waals surface area (Å²) in [6, 6.07) is 0. The third kappa shape index (κ3) is 21.3. The second kappa shape index (κ2) is 17.6. The molecule has 0 saturated carbocycles. The number of aliphatic carboxylic acids is 3. The van der Waals surface area contributed by atoms with Gasteiger partial charge < -0.3 is 15.3 Å². The van der Waals surface area contributed by atoms with Gasteiger partial charge in [0.2, 0.25) is 0 Å². The van der Waals surface area contributed by atoms with Crippen molar-refractivity contribution in [2.24, 2.45) is 5.92 Å². The Kier molecular flexibility index (Phi) is 21.3. The Morgan fingerprint density at radius 3 is 1.16 bits per heavy atom. The molecule has 1 aliphatic carbocycles. The fourth-order valence-electron chi connectivity index (χ4n) is 1.16. The molecule has 0 aliphatic heterocycles. The topological polar surface area (TPSA) is 112 Å². The summed E-state index contributed by atoms with van der Waals surface area (Å²) in [6.45, 7) is 8.67. The van der Waals surface area contributed by atoms with Crippen LogP contribution in [0, 0.1) is 49.0 Å². The average Bonchev–Trinajstić information content (AvgIpc) is 2.75. The molecule has 132 valence electrons. The Morgan fingerprint density at radius 2 is 1.12 bits per heavy atom. The van der Waals surface area contributed by atoms with Gasteiger partial charge in [-0.25, -0.2) is 20.0 Å². The molecule has 0 radical (unpaired) electrons. The van der Waals surface area contributed by atoms with Crippen molar-refractivity contribution in [1.29, 1.82) is 0 Å². The van der Waals surface area contributed by atoms with Gasteiger partial charge in [0.1, 0.15) is 0 Å². The van der Waals surface area contributed by atoms with Crippen molar-refractivity contribution < 1.29 is 51.4 Å². The number of hydrogen-bond donors (Lipinski definition) is 3. The first-order chi connectivity index (χ1) is 10.9. The molecule has 0 bridgehead atoms. The van der Waals surface area contributed by atoms with Gasteiger partial charge in [0.05, 0.1) is 0 Å². The summed E-state index contributed by atoms with van der Waals surface area (Å²) in [5.41, 5.74) is 4.25. The van der Waals surface area contributed by atoms with Gasteiger partial charge in [-0.1, -0.05) is 26.7 Å². The van der Waals surface area contributed by atoms with Gasteiger partial charge in [-0.3, -0.25) is 6.08 Å². The van der Waals surface area contributed by atoms with Crippen LogP contribution >= 0.6 is 0 Å². The van der Waals surface area contributed by atoms with Crippen LogP contribution < -0.4 is 0 Å². The maximum Gasteiger partial charge on any atom is 0.381 e. The Morgan fingerprint density at radius 1 is 0.880 bits per heavy atom. The van der Waals surface area contributed by atoms with Gasteiger partial charge in [0, 0.05) is 39.5 Å². The van der Waals surface area contributed by atoms with E-state index in [-0.39, 0.29) is 21.7 Å². The minimum atomic E-state index is -1.22. The predicted molar refractivity (Wildman–Crippen MR) is 89.4 cm³/mol. The van der Waals surface area contributed by atoms with Crippen molar-refractivity contribution in [3.63, 3.8) is 0 Å². The SMILES string of the molecule is C#CC(=O)O.C#CC(=O)O.C#CC(=O)O.CC1=[C-]C(C)C(C)=C1C.[Ti]. The van der Waals surface area contributed by atoms with Crippen molar-refractivity contribution >= 4 is 17.9 Å². The second-order valence-electron chi connectivity index (χ2n) is 4.15. The van der Waals surface area contributed by atoms with Crippen molar-refractivity contribution in [2.45, 2.75) is 27.7 Å². The summed E-state index contributed by atoms with van der Waals surface area (Å²) in [5, 5.41) is 22.5. The fraction of sp³-hybridized carbons (Fsp3) is 0.278. The van der Waals surface area contributed by atoms with E-state index >= 15 is 0 Å². The molecule has 0 fully saturated rings. The zero-order chi connectivity index (χ0) is 19.9. The zero-order valence-electron chi connectivity index (χ0n) is 14.4. The zero-order valence-corrected chi connectivity index (χ0v) is 15.9. The Balaban J connectivity index is -0.000000122. The van der Waals surface area contributed by atoms with Crippen molar-refractivity contribution in [1.82, 2.24) is 0 Å².